The van der Waals surface area contributed by atoms with Gasteiger partial charge in [-0.05, 0) is 46.9 Å². The van der Waals surface area contributed by atoms with Gasteiger partial charge in [0.2, 0.25) is 0 Å². The summed E-state index contributed by atoms with van der Waals surface area (Å²) in [6.45, 7) is 18.0. The van der Waals surface area contributed by atoms with Crippen LogP contribution >= 0.6 is 0 Å². The smallest absolute Gasteiger partial charge is 0.407 e. The zero-order valence-electron chi connectivity index (χ0n) is 21.7. The average molecular weight is 451 g/mol. The SMILES string of the molecule is CC(C)NC(=O)O[C@H]1CN[C@@H](C(c2ccc(C(C)(C)C)cc2)c2ccc(C(C)(C)C)cc2)C1. The molecule has 4 heteroatoms. The standard InChI is InChI=1S/C29H42N2O2/c1-19(2)31-27(32)33-24-17-25(30-18-24)26(20-9-13-22(14-10-20)28(3,4)5)21-11-15-23(16-12-21)29(6,7)8/h9-16,19,24-26,30H,17-18H2,1-8H3,(H,31,32)/t24-,25-/m1/s1. The van der Waals surface area contributed by atoms with Crippen molar-refractivity contribution < 1.29 is 9.53 Å². The van der Waals surface area contributed by atoms with Gasteiger partial charge >= 0.3 is 6.09 Å². The van der Waals surface area contributed by atoms with Crippen LogP contribution in [0, 0.1) is 0 Å². The first kappa shape index (κ1) is 25.3. The van der Waals surface area contributed by atoms with Gasteiger partial charge in [-0.2, -0.15) is 0 Å². The largest absolute Gasteiger partial charge is 0.445 e. The van der Waals surface area contributed by atoms with Gasteiger partial charge in [0.05, 0.1) is 0 Å². The molecule has 33 heavy (non-hydrogen) atoms. The average Bonchev–Trinajstić information content (AvgIpc) is 3.14. The molecule has 2 N–H and O–H groups in total. The molecule has 1 aliphatic rings. The lowest BCUT2D eigenvalue weighted by molar-refractivity contribution is 0.104. The Balaban J connectivity index is 1.87. The first-order valence-corrected chi connectivity index (χ1v) is 12.3. The predicted octanol–water partition coefficient (Wildman–Crippen LogP) is 6.28. The minimum atomic E-state index is -0.335. The Morgan fingerprint density at radius 2 is 1.33 bits per heavy atom. The maximum absolute atomic E-state index is 12.1. The Morgan fingerprint density at radius 3 is 1.73 bits per heavy atom. The van der Waals surface area contributed by atoms with Crippen molar-refractivity contribution >= 4 is 6.09 Å². The monoisotopic (exact) mass is 450 g/mol. The quantitative estimate of drug-likeness (QED) is 0.564. The van der Waals surface area contributed by atoms with Gasteiger partial charge in [-0.25, -0.2) is 4.79 Å². The van der Waals surface area contributed by atoms with E-state index in [1.165, 1.54) is 22.3 Å². The summed E-state index contributed by atoms with van der Waals surface area (Å²) in [4.78, 5) is 12.1. The Morgan fingerprint density at radius 1 is 0.879 bits per heavy atom. The van der Waals surface area contributed by atoms with Crippen molar-refractivity contribution in [3.63, 3.8) is 0 Å². The molecule has 0 aliphatic carbocycles. The summed E-state index contributed by atoms with van der Waals surface area (Å²) in [5, 5.41) is 6.48. The highest BCUT2D eigenvalue weighted by molar-refractivity contribution is 5.67. The molecular formula is C29H42N2O2. The molecule has 1 heterocycles. The minimum Gasteiger partial charge on any atom is -0.445 e. The fourth-order valence-corrected chi connectivity index (χ4v) is 4.54. The van der Waals surface area contributed by atoms with Crippen LogP contribution in [-0.2, 0) is 15.6 Å². The number of alkyl carbamates (subject to hydrolysis) is 1. The molecule has 2 aromatic carbocycles. The van der Waals surface area contributed by atoms with Gasteiger partial charge in [0, 0.05) is 31.0 Å². The Labute approximate surface area is 200 Å². The third kappa shape index (κ3) is 6.60. The van der Waals surface area contributed by atoms with E-state index in [1.807, 2.05) is 13.8 Å². The van der Waals surface area contributed by atoms with Crippen LogP contribution in [-0.4, -0.2) is 30.8 Å². The first-order chi connectivity index (χ1) is 15.3. The summed E-state index contributed by atoms with van der Waals surface area (Å²) in [6.07, 6.45) is 0.329. The highest BCUT2D eigenvalue weighted by Crippen LogP contribution is 2.35. The lowest BCUT2D eigenvalue weighted by Crippen LogP contribution is -2.34. The van der Waals surface area contributed by atoms with Gasteiger partial charge in [-0.3, -0.25) is 0 Å². The fourth-order valence-electron chi connectivity index (χ4n) is 4.54. The number of benzene rings is 2. The topological polar surface area (TPSA) is 50.4 Å². The normalized spacial score (nSPS) is 19.2. The second-order valence-corrected chi connectivity index (χ2v) is 11.8. The van der Waals surface area contributed by atoms with Crippen LogP contribution in [0.1, 0.15) is 90.0 Å². The van der Waals surface area contributed by atoms with E-state index in [4.69, 9.17) is 4.74 Å². The van der Waals surface area contributed by atoms with Crippen molar-refractivity contribution in [1.82, 2.24) is 10.6 Å². The van der Waals surface area contributed by atoms with E-state index in [-0.39, 0.29) is 41.0 Å². The molecule has 0 spiro atoms. The van der Waals surface area contributed by atoms with E-state index < -0.39 is 0 Å². The van der Waals surface area contributed by atoms with E-state index in [9.17, 15) is 4.79 Å². The van der Waals surface area contributed by atoms with Crippen molar-refractivity contribution in [2.24, 2.45) is 0 Å². The summed E-state index contributed by atoms with van der Waals surface area (Å²) >= 11 is 0. The van der Waals surface area contributed by atoms with Gasteiger partial charge < -0.3 is 15.4 Å². The number of amides is 1. The van der Waals surface area contributed by atoms with Crippen LogP contribution < -0.4 is 10.6 Å². The zero-order chi connectivity index (χ0) is 24.4. The lowest BCUT2D eigenvalue weighted by atomic mass is 9.80. The van der Waals surface area contributed by atoms with Gasteiger partial charge in [0.1, 0.15) is 6.10 Å². The molecule has 1 aliphatic heterocycles. The van der Waals surface area contributed by atoms with Gasteiger partial charge in [0.25, 0.3) is 0 Å². The van der Waals surface area contributed by atoms with Gasteiger partial charge in [-0.15, -0.1) is 0 Å². The number of hydrogen-bond acceptors (Lipinski definition) is 3. The van der Waals surface area contributed by atoms with Crippen molar-refractivity contribution in [3.05, 3.63) is 70.8 Å². The highest BCUT2D eigenvalue weighted by atomic mass is 16.6. The van der Waals surface area contributed by atoms with Crippen molar-refractivity contribution in [1.29, 1.82) is 0 Å². The molecule has 0 unspecified atom stereocenters. The number of rotatable bonds is 5. The minimum absolute atomic E-state index is 0.0677. The zero-order valence-corrected chi connectivity index (χ0v) is 21.7. The number of carbonyl (C=O) groups excluding carboxylic acids is 1. The van der Waals surface area contributed by atoms with Crippen LogP contribution in [0.15, 0.2) is 48.5 Å². The second-order valence-electron chi connectivity index (χ2n) is 11.8. The Kier molecular flexibility index (Phi) is 7.58. The molecular weight excluding hydrogens is 408 g/mol. The molecule has 180 valence electrons. The lowest BCUT2D eigenvalue weighted by Gasteiger charge is -2.27. The van der Waals surface area contributed by atoms with Gasteiger partial charge in [0.15, 0.2) is 0 Å². The molecule has 1 saturated heterocycles. The number of hydrogen-bond donors (Lipinski definition) is 2. The molecule has 0 saturated carbocycles. The van der Waals surface area contributed by atoms with Crippen molar-refractivity contribution in [2.45, 2.75) is 96.7 Å². The van der Waals surface area contributed by atoms with Crippen LogP contribution in [0.4, 0.5) is 4.79 Å². The third-order valence-electron chi connectivity index (χ3n) is 6.48. The maximum atomic E-state index is 12.1. The van der Waals surface area contributed by atoms with E-state index in [1.54, 1.807) is 0 Å². The summed E-state index contributed by atoms with van der Waals surface area (Å²) in [7, 11) is 0. The van der Waals surface area contributed by atoms with Crippen LogP contribution in [0.2, 0.25) is 0 Å². The van der Waals surface area contributed by atoms with E-state index in [0.29, 0.717) is 6.54 Å². The summed E-state index contributed by atoms with van der Waals surface area (Å²) < 4.78 is 5.69. The van der Waals surface area contributed by atoms with Crippen LogP contribution in [0.5, 0.6) is 0 Å². The number of nitrogens with one attached hydrogen (secondary N) is 2. The first-order valence-electron chi connectivity index (χ1n) is 12.3. The van der Waals surface area contributed by atoms with E-state index in [2.05, 4.69) is 101 Å². The molecule has 0 bridgehead atoms. The van der Waals surface area contributed by atoms with Crippen LogP contribution in [0.25, 0.3) is 0 Å². The van der Waals surface area contributed by atoms with Crippen molar-refractivity contribution in [2.75, 3.05) is 6.54 Å². The summed E-state index contributed by atoms with van der Waals surface area (Å²) in [5.41, 5.74) is 5.48. The third-order valence-corrected chi connectivity index (χ3v) is 6.48. The highest BCUT2D eigenvalue weighted by Gasteiger charge is 2.34. The number of ether oxygens (including phenoxy) is 1. The summed E-state index contributed by atoms with van der Waals surface area (Å²) in [5.74, 6) is 0.190. The number of carbonyl (C=O) groups is 1. The molecule has 4 nitrogen and oxygen atoms in total. The van der Waals surface area contributed by atoms with Gasteiger partial charge in [-0.1, -0.05) is 90.1 Å². The molecule has 2 atom stereocenters. The molecule has 2 aromatic rings. The predicted molar refractivity (Wildman–Crippen MR) is 137 cm³/mol. The maximum Gasteiger partial charge on any atom is 0.407 e. The Hall–Kier alpha value is -2.33. The van der Waals surface area contributed by atoms with Crippen molar-refractivity contribution in [3.8, 4) is 0 Å². The second kappa shape index (κ2) is 9.89. The molecule has 3 rings (SSSR count). The van der Waals surface area contributed by atoms with E-state index in [0.717, 1.165) is 6.42 Å². The summed E-state index contributed by atoms with van der Waals surface area (Å²) in [6, 6.07) is 18.4. The fraction of sp³-hybridized carbons (Fsp3) is 0.552. The molecule has 1 fully saturated rings. The molecule has 0 radical (unpaired) electrons. The van der Waals surface area contributed by atoms with E-state index >= 15 is 0 Å². The molecule has 0 aromatic heterocycles. The molecule has 1 amide bonds. The van der Waals surface area contributed by atoms with Crippen LogP contribution in [0.3, 0.4) is 0 Å². The Bertz CT molecular complexity index is 861.